The third kappa shape index (κ3) is 4.44. The third-order valence-electron chi connectivity index (χ3n) is 5.62. The summed E-state index contributed by atoms with van der Waals surface area (Å²) in [5.74, 6) is 1.08. The van der Waals surface area contributed by atoms with Gasteiger partial charge in [0.05, 0.1) is 13.2 Å². The van der Waals surface area contributed by atoms with Crippen molar-refractivity contribution in [2.45, 2.75) is 38.8 Å². The smallest absolute Gasteiger partial charge is 0.251 e. The second kappa shape index (κ2) is 8.61. The number of benzene rings is 2. The number of rotatable bonds is 5. The minimum absolute atomic E-state index is 0.00272. The number of likely N-dealkylation sites (tertiary alicyclic amines) is 1. The molecule has 150 valence electrons. The molecule has 2 amide bonds. The van der Waals surface area contributed by atoms with E-state index in [-0.39, 0.29) is 17.9 Å². The van der Waals surface area contributed by atoms with Crippen molar-refractivity contribution in [1.29, 1.82) is 0 Å². The van der Waals surface area contributed by atoms with Crippen molar-refractivity contribution in [2.75, 3.05) is 20.2 Å². The van der Waals surface area contributed by atoms with Crippen LogP contribution in [0.15, 0.2) is 36.4 Å². The molecular weight excluding hydrogens is 354 g/mol. The van der Waals surface area contributed by atoms with Crippen molar-refractivity contribution in [1.82, 2.24) is 10.2 Å². The lowest BCUT2D eigenvalue weighted by Crippen LogP contribution is -2.49. The monoisotopic (exact) mass is 383 g/mol. The molecule has 1 aliphatic heterocycles. The first kappa shape index (κ1) is 20.1. The lowest BCUT2D eigenvalue weighted by molar-refractivity contribution is -0.133. The zero-order valence-electron chi connectivity index (χ0n) is 16.8. The molecule has 28 heavy (non-hydrogen) atoms. The van der Waals surface area contributed by atoms with Crippen LogP contribution < -0.4 is 15.8 Å². The predicted molar refractivity (Wildman–Crippen MR) is 110 cm³/mol. The number of nitrogens with two attached hydrogens (primary N) is 1. The van der Waals surface area contributed by atoms with Crippen molar-refractivity contribution in [3.63, 3.8) is 0 Å². The van der Waals surface area contributed by atoms with Gasteiger partial charge in [0.1, 0.15) is 5.75 Å². The van der Waals surface area contributed by atoms with Gasteiger partial charge in [0.2, 0.25) is 5.91 Å². The van der Waals surface area contributed by atoms with E-state index in [2.05, 4.69) is 5.32 Å². The van der Waals surface area contributed by atoms with Crippen LogP contribution in [0.1, 0.15) is 37.0 Å². The molecule has 3 rings (SSSR count). The number of fused-ring (bicyclic) bond motifs is 1. The minimum atomic E-state index is -0.457. The Morgan fingerprint density at radius 3 is 2.39 bits per heavy atom. The van der Waals surface area contributed by atoms with Crippen molar-refractivity contribution in [2.24, 2.45) is 11.7 Å². The van der Waals surface area contributed by atoms with E-state index in [1.165, 1.54) is 0 Å². The summed E-state index contributed by atoms with van der Waals surface area (Å²) in [6, 6.07) is 11.1. The van der Waals surface area contributed by atoms with E-state index < -0.39 is 6.04 Å². The average Bonchev–Trinajstić information content (AvgIpc) is 2.72. The Morgan fingerprint density at radius 1 is 1.11 bits per heavy atom. The van der Waals surface area contributed by atoms with Crippen LogP contribution in [0.25, 0.3) is 10.8 Å². The largest absolute Gasteiger partial charge is 0.497 e. The Bertz CT molecular complexity index is 857. The number of amides is 2. The average molecular weight is 383 g/mol. The molecule has 0 bridgehead atoms. The number of methoxy groups -OCH3 is 1. The van der Waals surface area contributed by atoms with Crippen molar-refractivity contribution in [3.8, 4) is 5.75 Å². The highest BCUT2D eigenvalue weighted by molar-refractivity contribution is 5.99. The van der Waals surface area contributed by atoms with Gasteiger partial charge in [0.25, 0.3) is 5.91 Å². The first-order valence-corrected chi connectivity index (χ1v) is 9.82. The predicted octanol–water partition coefficient (Wildman–Crippen LogP) is 2.55. The number of nitrogens with one attached hydrogen (secondary N) is 1. The summed E-state index contributed by atoms with van der Waals surface area (Å²) in [5.41, 5.74) is 6.34. The SMILES string of the molecule is COc1ccc2cc(C(=O)NC(C)C3CCN(C(=O)C(C)N)CC3)ccc2c1. The zero-order chi connectivity index (χ0) is 20.3. The standard InChI is InChI=1S/C22H29N3O3/c1-14(23)22(27)25-10-8-16(9-11-25)15(2)24-21(26)19-5-4-18-13-20(28-3)7-6-17(18)12-19/h4-7,12-16H,8-11,23H2,1-3H3,(H,24,26). The molecule has 2 aromatic carbocycles. The van der Waals surface area contributed by atoms with Crippen LogP contribution in [0.2, 0.25) is 0 Å². The van der Waals surface area contributed by atoms with Crippen LogP contribution in [0, 0.1) is 5.92 Å². The Hall–Kier alpha value is -2.60. The molecule has 0 spiro atoms. The summed E-state index contributed by atoms with van der Waals surface area (Å²) in [5, 5.41) is 5.17. The molecule has 2 atom stereocenters. The number of nitrogens with zero attached hydrogens (tertiary/aromatic N) is 1. The maximum absolute atomic E-state index is 12.7. The molecule has 2 unspecified atom stereocenters. The van der Waals surface area contributed by atoms with Gasteiger partial charge in [-0.1, -0.05) is 12.1 Å². The second-order valence-corrected chi connectivity index (χ2v) is 7.64. The summed E-state index contributed by atoms with van der Waals surface area (Å²) in [7, 11) is 1.64. The van der Waals surface area contributed by atoms with E-state index >= 15 is 0 Å². The van der Waals surface area contributed by atoms with Crippen LogP contribution in [0.4, 0.5) is 0 Å². The molecule has 1 fully saturated rings. The number of ether oxygens (including phenoxy) is 1. The third-order valence-corrected chi connectivity index (χ3v) is 5.62. The van der Waals surface area contributed by atoms with Crippen LogP contribution in [0.5, 0.6) is 5.75 Å². The zero-order valence-corrected chi connectivity index (χ0v) is 16.8. The van der Waals surface area contributed by atoms with Crippen LogP contribution >= 0.6 is 0 Å². The quantitative estimate of drug-likeness (QED) is 0.831. The molecule has 3 N–H and O–H groups in total. The minimum Gasteiger partial charge on any atom is -0.497 e. The molecule has 1 heterocycles. The van der Waals surface area contributed by atoms with Gasteiger partial charge in [0.15, 0.2) is 0 Å². The van der Waals surface area contributed by atoms with E-state index in [0.717, 1.165) is 29.4 Å². The van der Waals surface area contributed by atoms with Crippen molar-refractivity contribution < 1.29 is 14.3 Å². The number of hydrogen-bond donors (Lipinski definition) is 2. The maximum atomic E-state index is 12.7. The Morgan fingerprint density at radius 2 is 1.75 bits per heavy atom. The molecule has 6 nitrogen and oxygen atoms in total. The second-order valence-electron chi connectivity index (χ2n) is 7.64. The van der Waals surface area contributed by atoms with Gasteiger partial charge < -0.3 is 20.7 Å². The van der Waals surface area contributed by atoms with Gasteiger partial charge in [-0.3, -0.25) is 9.59 Å². The highest BCUT2D eigenvalue weighted by Crippen LogP contribution is 2.23. The summed E-state index contributed by atoms with van der Waals surface area (Å²) in [6.07, 6.45) is 1.74. The van der Waals surface area contributed by atoms with Crippen LogP contribution in [-0.2, 0) is 4.79 Å². The Labute approximate surface area is 166 Å². The van der Waals surface area contributed by atoms with E-state index in [9.17, 15) is 9.59 Å². The number of hydrogen-bond acceptors (Lipinski definition) is 4. The van der Waals surface area contributed by atoms with E-state index in [4.69, 9.17) is 10.5 Å². The molecule has 1 saturated heterocycles. The first-order chi connectivity index (χ1) is 13.4. The highest BCUT2D eigenvalue weighted by Gasteiger charge is 2.28. The molecule has 0 aliphatic carbocycles. The van der Waals surface area contributed by atoms with Gasteiger partial charge in [0, 0.05) is 24.7 Å². The molecule has 0 saturated carbocycles. The summed E-state index contributed by atoms with van der Waals surface area (Å²) in [4.78, 5) is 26.5. The molecule has 1 aliphatic rings. The fourth-order valence-corrected chi connectivity index (χ4v) is 3.81. The Kier molecular flexibility index (Phi) is 6.19. The summed E-state index contributed by atoms with van der Waals surface area (Å²) < 4.78 is 5.24. The molecule has 2 aromatic rings. The normalized spacial score (nSPS) is 17.2. The Balaban J connectivity index is 1.60. The van der Waals surface area contributed by atoms with E-state index in [0.29, 0.717) is 24.6 Å². The van der Waals surface area contributed by atoms with Crippen LogP contribution in [-0.4, -0.2) is 49.0 Å². The van der Waals surface area contributed by atoms with Crippen molar-refractivity contribution >= 4 is 22.6 Å². The van der Waals surface area contributed by atoms with Gasteiger partial charge in [-0.05, 0) is 67.6 Å². The molecule has 6 heteroatoms. The summed E-state index contributed by atoms with van der Waals surface area (Å²) >= 11 is 0. The van der Waals surface area contributed by atoms with Gasteiger partial charge in [-0.25, -0.2) is 0 Å². The lowest BCUT2D eigenvalue weighted by atomic mass is 9.90. The van der Waals surface area contributed by atoms with Gasteiger partial charge in [-0.2, -0.15) is 0 Å². The summed E-state index contributed by atoms with van der Waals surface area (Å²) in [6.45, 7) is 5.15. The lowest BCUT2D eigenvalue weighted by Gasteiger charge is -2.35. The number of carbonyl (C=O) groups is 2. The first-order valence-electron chi connectivity index (χ1n) is 9.82. The van der Waals surface area contributed by atoms with Crippen LogP contribution in [0.3, 0.4) is 0 Å². The van der Waals surface area contributed by atoms with E-state index in [1.807, 2.05) is 48.2 Å². The fraction of sp³-hybridized carbons (Fsp3) is 0.455. The molecule has 0 radical (unpaired) electrons. The maximum Gasteiger partial charge on any atom is 0.251 e. The fourth-order valence-electron chi connectivity index (χ4n) is 3.81. The molecular formula is C22H29N3O3. The van der Waals surface area contributed by atoms with Gasteiger partial charge in [-0.15, -0.1) is 0 Å². The highest BCUT2D eigenvalue weighted by atomic mass is 16.5. The molecule has 0 aromatic heterocycles. The number of carbonyl (C=O) groups excluding carboxylic acids is 2. The van der Waals surface area contributed by atoms with Crippen molar-refractivity contribution in [3.05, 3.63) is 42.0 Å². The number of piperidine rings is 1. The van der Waals surface area contributed by atoms with Gasteiger partial charge >= 0.3 is 0 Å². The topological polar surface area (TPSA) is 84.7 Å². The van der Waals surface area contributed by atoms with E-state index in [1.54, 1.807) is 14.0 Å².